The summed E-state index contributed by atoms with van der Waals surface area (Å²) in [6.07, 6.45) is 2.72. The number of ether oxygens (including phenoxy) is 1. The summed E-state index contributed by atoms with van der Waals surface area (Å²) >= 11 is 6.20. The molecule has 1 atom stereocenters. The fourth-order valence-electron chi connectivity index (χ4n) is 3.27. The van der Waals surface area contributed by atoms with Crippen molar-refractivity contribution in [2.24, 2.45) is 0 Å². The molecule has 1 heterocycles. The standard InChI is InChI=1S/C21H24ClFN2O4S/c1-15(16-5-7-17(23)8-6-16)24-21(26)14-29-20-10-9-18(13-19(20)22)30(27,28)25-11-3-2-4-12-25/h5-10,13,15H,2-4,11-12,14H2,1H3,(H,24,26)/t15-/m1/s1. The van der Waals surface area contributed by atoms with Crippen LogP contribution in [0.1, 0.15) is 37.8 Å². The predicted octanol–water partition coefficient (Wildman–Crippen LogP) is 3.91. The van der Waals surface area contributed by atoms with E-state index >= 15 is 0 Å². The Labute approximate surface area is 181 Å². The number of nitrogens with one attached hydrogen (secondary N) is 1. The molecule has 0 spiro atoms. The minimum Gasteiger partial charge on any atom is -0.482 e. The van der Waals surface area contributed by atoms with Crippen LogP contribution in [0.15, 0.2) is 47.4 Å². The van der Waals surface area contributed by atoms with Crippen LogP contribution in [0.25, 0.3) is 0 Å². The molecule has 1 fully saturated rings. The number of piperidine rings is 1. The van der Waals surface area contributed by atoms with E-state index in [2.05, 4.69) is 5.32 Å². The predicted molar refractivity (Wildman–Crippen MR) is 113 cm³/mol. The van der Waals surface area contributed by atoms with Crippen LogP contribution >= 0.6 is 11.6 Å². The van der Waals surface area contributed by atoms with Gasteiger partial charge in [-0.25, -0.2) is 12.8 Å². The molecule has 0 radical (unpaired) electrons. The number of nitrogens with zero attached hydrogens (tertiary/aromatic N) is 1. The molecular weight excluding hydrogens is 431 g/mol. The van der Waals surface area contributed by atoms with Crippen LogP contribution < -0.4 is 10.1 Å². The fraction of sp³-hybridized carbons (Fsp3) is 0.381. The largest absolute Gasteiger partial charge is 0.482 e. The lowest BCUT2D eigenvalue weighted by Gasteiger charge is -2.26. The van der Waals surface area contributed by atoms with E-state index in [0.717, 1.165) is 24.8 Å². The van der Waals surface area contributed by atoms with Crippen molar-refractivity contribution in [2.75, 3.05) is 19.7 Å². The number of hydrogen-bond donors (Lipinski definition) is 1. The molecule has 0 aliphatic carbocycles. The molecule has 2 aromatic rings. The zero-order chi connectivity index (χ0) is 21.7. The van der Waals surface area contributed by atoms with Crippen molar-refractivity contribution in [1.29, 1.82) is 0 Å². The number of carbonyl (C=O) groups is 1. The molecule has 0 aromatic heterocycles. The van der Waals surface area contributed by atoms with E-state index in [1.165, 1.54) is 34.6 Å². The van der Waals surface area contributed by atoms with E-state index < -0.39 is 10.0 Å². The van der Waals surface area contributed by atoms with Gasteiger partial charge in [-0.2, -0.15) is 4.31 Å². The highest BCUT2D eigenvalue weighted by molar-refractivity contribution is 7.89. The third-order valence-corrected chi connectivity index (χ3v) is 7.15. The van der Waals surface area contributed by atoms with Gasteiger partial charge in [0.2, 0.25) is 10.0 Å². The number of sulfonamides is 1. The van der Waals surface area contributed by atoms with Gasteiger partial charge >= 0.3 is 0 Å². The number of halogens is 2. The highest BCUT2D eigenvalue weighted by atomic mass is 35.5. The summed E-state index contributed by atoms with van der Waals surface area (Å²) < 4.78 is 45.4. The lowest BCUT2D eigenvalue weighted by Crippen LogP contribution is -2.35. The van der Waals surface area contributed by atoms with Gasteiger partial charge < -0.3 is 10.1 Å². The topological polar surface area (TPSA) is 75.7 Å². The van der Waals surface area contributed by atoms with E-state index in [-0.39, 0.29) is 40.0 Å². The highest BCUT2D eigenvalue weighted by Gasteiger charge is 2.26. The third kappa shape index (κ3) is 5.50. The van der Waals surface area contributed by atoms with Crippen LogP contribution in [0.4, 0.5) is 4.39 Å². The first-order valence-electron chi connectivity index (χ1n) is 9.75. The fourth-order valence-corrected chi connectivity index (χ4v) is 5.12. The number of amides is 1. The maximum atomic E-state index is 13.0. The monoisotopic (exact) mass is 454 g/mol. The first kappa shape index (κ1) is 22.5. The SMILES string of the molecule is C[C@@H](NC(=O)COc1ccc(S(=O)(=O)N2CCCCC2)cc1Cl)c1ccc(F)cc1. The second-order valence-corrected chi connectivity index (χ2v) is 9.53. The van der Waals surface area contributed by atoms with Crippen molar-refractivity contribution in [3.05, 3.63) is 58.9 Å². The zero-order valence-corrected chi connectivity index (χ0v) is 18.2. The first-order valence-corrected chi connectivity index (χ1v) is 11.6. The third-order valence-electron chi connectivity index (χ3n) is 4.96. The number of carbonyl (C=O) groups excluding carboxylic acids is 1. The Kier molecular flexibility index (Phi) is 7.33. The van der Waals surface area contributed by atoms with Gasteiger partial charge in [0, 0.05) is 13.1 Å². The molecule has 162 valence electrons. The lowest BCUT2D eigenvalue weighted by atomic mass is 10.1. The molecule has 0 unspecified atom stereocenters. The number of benzene rings is 2. The molecule has 1 amide bonds. The Hall–Kier alpha value is -2.16. The molecule has 0 bridgehead atoms. The molecule has 1 saturated heterocycles. The van der Waals surface area contributed by atoms with Crippen molar-refractivity contribution in [3.8, 4) is 5.75 Å². The molecule has 1 N–H and O–H groups in total. The van der Waals surface area contributed by atoms with Crippen molar-refractivity contribution in [2.45, 2.75) is 37.1 Å². The summed E-state index contributed by atoms with van der Waals surface area (Å²) in [5.41, 5.74) is 0.759. The smallest absolute Gasteiger partial charge is 0.258 e. The Morgan fingerprint density at radius 3 is 2.47 bits per heavy atom. The second-order valence-electron chi connectivity index (χ2n) is 7.19. The maximum absolute atomic E-state index is 13.0. The van der Waals surface area contributed by atoms with Crippen LogP contribution in [-0.2, 0) is 14.8 Å². The van der Waals surface area contributed by atoms with E-state index in [1.807, 2.05) is 0 Å². The van der Waals surface area contributed by atoms with Crippen molar-refractivity contribution in [3.63, 3.8) is 0 Å². The Morgan fingerprint density at radius 1 is 1.17 bits per heavy atom. The summed E-state index contributed by atoms with van der Waals surface area (Å²) in [5, 5.41) is 2.87. The normalized spacial score (nSPS) is 16.1. The Bertz CT molecular complexity index is 993. The lowest BCUT2D eigenvalue weighted by molar-refractivity contribution is -0.123. The molecule has 6 nitrogen and oxygen atoms in total. The molecule has 0 saturated carbocycles. The van der Waals surface area contributed by atoms with Crippen LogP contribution in [0.5, 0.6) is 5.75 Å². The minimum absolute atomic E-state index is 0.108. The van der Waals surface area contributed by atoms with E-state index in [4.69, 9.17) is 16.3 Å². The second kappa shape index (κ2) is 9.76. The summed E-state index contributed by atoms with van der Waals surface area (Å²) in [6, 6.07) is 9.76. The van der Waals surface area contributed by atoms with Gasteiger partial charge in [-0.1, -0.05) is 30.2 Å². The quantitative estimate of drug-likeness (QED) is 0.688. The van der Waals surface area contributed by atoms with Crippen molar-refractivity contribution < 1.29 is 22.3 Å². The van der Waals surface area contributed by atoms with Crippen LogP contribution in [0.2, 0.25) is 5.02 Å². The van der Waals surface area contributed by atoms with E-state index in [1.54, 1.807) is 19.1 Å². The molecule has 3 rings (SSSR count). The van der Waals surface area contributed by atoms with Gasteiger partial charge in [0.05, 0.1) is 16.0 Å². The van der Waals surface area contributed by atoms with Crippen LogP contribution in [-0.4, -0.2) is 38.3 Å². The maximum Gasteiger partial charge on any atom is 0.258 e. The molecular formula is C21H24ClFN2O4S. The Balaban J connectivity index is 1.59. The van der Waals surface area contributed by atoms with Crippen LogP contribution in [0.3, 0.4) is 0 Å². The first-order chi connectivity index (χ1) is 14.3. The van der Waals surface area contributed by atoms with Crippen molar-refractivity contribution >= 4 is 27.5 Å². The van der Waals surface area contributed by atoms with Gasteiger partial charge in [-0.05, 0) is 55.7 Å². The molecule has 1 aliphatic heterocycles. The van der Waals surface area contributed by atoms with E-state index in [9.17, 15) is 17.6 Å². The average Bonchev–Trinajstić information content (AvgIpc) is 2.73. The van der Waals surface area contributed by atoms with Gasteiger partial charge in [-0.3, -0.25) is 4.79 Å². The average molecular weight is 455 g/mol. The molecule has 1 aliphatic rings. The van der Waals surface area contributed by atoms with Gasteiger partial charge in [0.25, 0.3) is 5.91 Å². The summed E-state index contributed by atoms with van der Waals surface area (Å²) in [5.74, 6) is -0.507. The van der Waals surface area contributed by atoms with Gasteiger partial charge in [0.15, 0.2) is 6.61 Å². The van der Waals surface area contributed by atoms with Crippen molar-refractivity contribution in [1.82, 2.24) is 9.62 Å². The minimum atomic E-state index is -3.59. The number of hydrogen-bond acceptors (Lipinski definition) is 4. The summed E-state index contributed by atoms with van der Waals surface area (Å²) in [6.45, 7) is 2.50. The number of rotatable bonds is 7. The van der Waals surface area contributed by atoms with Gasteiger partial charge in [-0.15, -0.1) is 0 Å². The molecule has 2 aromatic carbocycles. The summed E-state index contributed by atoms with van der Waals surface area (Å²) in [7, 11) is -3.59. The Morgan fingerprint density at radius 2 is 1.83 bits per heavy atom. The van der Waals surface area contributed by atoms with E-state index in [0.29, 0.717) is 13.1 Å². The molecule has 9 heteroatoms. The highest BCUT2D eigenvalue weighted by Crippen LogP contribution is 2.29. The zero-order valence-electron chi connectivity index (χ0n) is 16.6. The molecule has 30 heavy (non-hydrogen) atoms. The van der Waals surface area contributed by atoms with Gasteiger partial charge in [0.1, 0.15) is 11.6 Å². The van der Waals surface area contributed by atoms with Crippen LogP contribution in [0, 0.1) is 5.82 Å². The summed E-state index contributed by atoms with van der Waals surface area (Å²) in [4.78, 5) is 12.3.